The third kappa shape index (κ3) is 3.36. The Morgan fingerprint density at radius 1 is 1.21 bits per heavy atom. The minimum atomic E-state index is -1.08. The van der Waals surface area contributed by atoms with Crippen LogP contribution in [0.15, 0.2) is 28.2 Å². The van der Waals surface area contributed by atoms with Crippen molar-refractivity contribution in [2.24, 2.45) is 0 Å². The van der Waals surface area contributed by atoms with E-state index in [-0.39, 0.29) is 5.57 Å². The normalized spacial score (nSPS) is 19.0. The standard InChI is InChI=1S/C17H15BrO6/c1-10(19)22-14-5-4-11(9-13(14)18)8-12-15(20)23-17(24-16(12)21)6-2-3-7-17/h4-5,8-9H,2-3,6-7H2,1H3. The van der Waals surface area contributed by atoms with Crippen molar-refractivity contribution < 1.29 is 28.6 Å². The molecule has 0 unspecified atom stereocenters. The van der Waals surface area contributed by atoms with Gasteiger partial charge in [0.15, 0.2) is 0 Å². The highest BCUT2D eigenvalue weighted by molar-refractivity contribution is 9.10. The summed E-state index contributed by atoms with van der Waals surface area (Å²) in [5.41, 5.74) is 0.420. The molecule has 1 aromatic carbocycles. The van der Waals surface area contributed by atoms with Crippen LogP contribution >= 0.6 is 15.9 Å². The van der Waals surface area contributed by atoms with Crippen molar-refractivity contribution in [1.29, 1.82) is 0 Å². The van der Waals surface area contributed by atoms with Crippen molar-refractivity contribution in [3.8, 4) is 5.75 Å². The van der Waals surface area contributed by atoms with Crippen molar-refractivity contribution in [2.75, 3.05) is 0 Å². The zero-order valence-electron chi connectivity index (χ0n) is 13.0. The Bertz CT molecular complexity index is 723. The first-order valence-electron chi connectivity index (χ1n) is 7.55. The second-order valence-corrected chi connectivity index (χ2v) is 6.59. The van der Waals surface area contributed by atoms with Crippen LogP contribution in [0.25, 0.3) is 6.08 Å². The SMILES string of the molecule is CC(=O)Oc1ccc(C=C2C(=O)OC3(CCCC3)OC2=O)cc1Br. The molecule has 6 nitrogen and oxygen atoms in total. The first-order valence-corrected chi connectivity index (χ1v) is 8.34. The molecule has 2 aliphatic rings. The van der Waals surface area contributed by atoms with Gasteiger partial charge in [0.25, 0.3) is 5.79 Å². The van der Waals surface area contributed by atoms with Crippen molar-refractivity contribution >= 4 is 39.9 Å². The molecule has 0 atom stereocenters. The Balaban J connectivity index is 1.83. The van der Waals surface area contributed by atoms with Crippen molar-refractivity contribution in [2.45, 2.75) is 38.4 Å². The molecule has 1 saturated carbocycles. The number of benzene rings is 1. The number of rotatable bonds is 2. The maximum absolute atomic E-state index is 12.2. The van der Waals surface area contributed by atoms with Gasteiger partial charge < -0.3 is 14.2 Å². The van der Waals surface area contributed by atoms with Crippen molar-refractivity contribution in [3.05, 3.63) is 33.8 Å². The summed E-state index contributed by atoms with van der Waals surface area (Å²) in [4.78, 5) is 35.4. The Morgan fingerprint density at radius 3 is 2.38 bits per heavy atom. The van der Waals surface area contributed by atoms with Crippen LogP contribution in [0, 0.1) is 0 Å². The van der Waals surface area contributed by atoms with Gasteiger partial charge in [0.05, 0.1) is 4.47 Å². The molecule has 0 bridgehead atoms. The lowest BCUT2D eigenvalue weighted by atomic mass is 10.1. The first-order chi connectivity index (χ1) is 11.4. The zero-order chi connectivity index (χ0) is 17.3. The minimum Gasteiger partial charge on any atom is -0.426 e. The fourth-order valence-corrected chi connectivity index (χ4v) is 3.28. The summed E-state index contributed by atoms with van der Waals surface area (Å²) >= 11 is 3.28. The number of hydrogen-bond donors (Lipinski definition) is 0. The average molecular weight is 395 g/mol. The number of carbonyl (C=O) groups excluding carboxylic acids is 3. The molecule has 24 heavy (non-hydrogen) atoms. The topological polar surface area (TPSA) is 78.9 Å². The number of esters is 3. The van der Waals surface area contributed by atoms with Crippen molar-refractivity contribution in [3.63, 3.8) is 0 Å². The van der Waals surface area contributed by atoms with Crippen LogP contribution in [0.4, 0.5) is 0 Å². The maximum atomic E-state index is 12.2. The summed E-state index contributed by atoms with van der Waals surface area (Å²) in [5, 5.41) is 0. The van der Waals surface area contributed by atoms with Crippen LogP contribution in [0.3, 0.4) is 0 Å². The highest BCUT2D eigenvalue weighted by Crippen LogP contribution is 2.38. The summed E-state index contributed by atoms with van der Waals surface area (Å²) in [6.07, 6.45) is 4.21. The molecule has 1 aliphatic carbocycles. The second kappa shape index (κ2) is 6.39. The average Bonchev–Trinajstić information content (AvgIpc) is 2.93. The fraction of sp³-hybridized carbons (Fsp3) is 0.353. The smallest absolute Gasteiger partial charge is 0.348 e. The molecule has 0 amide bonds. The number of carbonyl (C=O) groups is 3. The molecule has 1 spiro atoms. The van der Waals surface area contributed by atoms with Crippen LogP contribution in [0.1, 0.15) is 38.2 Å². The molecule has 1 heterocycles. The number of halogens is 1. The van der Waals surface area contributed by atoms with Crippen LogP contribution in [-0.2, 0) is 23.9 Å². The minimum absolute atomic E-state index is 0.153. The third-order valence-electron chi connectivity index (χ3n) is 3.88. The second-order valence-electron chi connectivity index (χ2n) is 5.74. The maximum Gasteiger partial charge on any atom is 0.348 e. The fourth-order valence-electron chi connectivity index (χ4n) is 2.80. The van der Waals surface area contributed by atoms with E-state index in [1.54, 1.807) is 18.2 Å². The molecule has 0 N–H and O–H groups in total. The molecule has 3 rings (SSSR count). The van der Waals surface area contributed by atoms with E-state index in [0.717, 1.165) is 12.8 Å². The van der Waals surface area contributed by atoms with Crippen LogP contribution in [-0.4, -0.2) is 23.7 Å². The summed E-state index contributed by atoms with van der Waals surface area (Å²) in [5.74, 6) is -2.52. The Hall–Kier alpha value is -2.15. The van der Waals surface area contributed by atoms with Gasteiger partial charge in [-0.2, -0.15) is 0 Å². The lowest BCUT2D eigenvalue weighted by Gasteiger charge is -2.32. The van der Waals surface area contributed by atoms with E-state index in [4.69, 9.17) is 14.2 Å². The largest absolute Gasteiger partial charge is 0.426 e. The van der Waals surface area contributed by atoms with E-state index in [2.05, 4.69) is 15.9 Å². The quantitative estimate of drug-likeness (QED) is 0.331. The molecule has 1 aromatic rings. The molecule has 1 saturated heterocycles. The monoisotopic (exact) mass is 394 g/mol. The van der Waals surface area contributed by atoms with E-state index in [1.807, 2.05) is 0 Å². The lowest BCUT2D eigenvalue weighted by molar-refractivity contribution is -0.232. The summed E-state index contributed by atoms with van der Waals surface area (Å²) in [6.45, 7) is 1.30. The van der Waals surface area contributed by atoms with Gasteiger partial charge in [-0.15, -0.1) is 0 Å². The molecular weight excluding hydrogens is 380 g/mol. The summed E-state index contributed by atoms with van der Waals surface area (Å²) < 4.78 is 16.3. The zero-order valence-corrected chi connectivity index (χ0v) is 14.6. The predicted molar refractivity (Wildman–Crippen MR) is 86.8 cm³/mol. The molecule has 2 fully saturated rings. The Kier molecular flexibility index (Phi) is 4.45. The molecular formula is C17H15BrO6. The van der Waals surface area contributed by atoms with E-state index < -0.39 is 23.7 Å². The molecule has 1 aliphatic heterocycles. The van der Waals surface area contributed by atoms with E-state index >= 15 is 0 Å². The Labute approximate surface area is 146 Å². The number of ether oxygens (including phenoxy) is 3. The van der Waals surface area contributed by atoms with Crippen LogP contribution in [0.2, 0.25) is 0 Å². The molecule has 0 radical (unpaired) electrons. The predicted octanol–water partition coefficient (Wildman–Crippen LogP) is 3.13. The van der Waals surface area contributed by atoms with Gasteiger partial charge >= 0.3 is 17.9 Å². The van der Waals surface area contributed by atoms with Crippen molar-refractivity contribution in [1.82, 2.24) is 0 Å². The van der Waals surface area contributed by atoms with E-state index in [9.17, 15) is 14.4 Å². The summed E-state index contributed by atoms with van der Waals surface area (Å²) in [7, 11) is 0. The van der Waals surface area contributed by atoms with Gasteiger partial charge in [-0.25, -0.2) is 9.59 Å². The molecule has 126 valence electrons. The van der Waals surface area contributed by atoms with Crippen LogP contribution in [0.5, 0.6) is 5.75 Å². The third-order valence-corrected chi connectivity index (χ3v) is 4.50. The molecule has 7 heteroatoms. The molecule has 0 aromatic heterocycles. The van der Waals surface area contributed by atoms with Gasteiger partial charge in [-0.1, -0.05) is 6.07 Å². The summed E-state index contributed by atoms with van der Waals surface area (Å²) in [6, 6.07) is 4.82. The highest BCUT2D eigenvalue weighted by atomic mass is 79.9. The highest BCUT2D eigenvalue weighted by Gasteiger charge is 2.47. The van der Waals surface area contributed by atoms with E-state index in [1.165, 1.54) is 13.0 Å². The van der Waals surface area contributed by atoms with E-state index in [0.29, 0.717) is 28.6 Å². The number of hydrogen-bond acceptors (Lipinski definition) is 6. The van der Waals surface area contributed by atoms with Gasteiger partial charge in [-0.3, -0.25) is 4.79 Å². The van der Waals surface area contributed by atoms with Gasteiger partial charge in [-0.05, 0) is 52.5 Å². The lowest BCUT2D eigenvalue weighted by Crippen LogP contribution is -2.44. The van der Waals surface area contributed by atoms with Crippen LogP contribution < -0.4 is 4.74 Å². The Morgan fingerprint density at radius 2 is 1.83 bits per heavy atom. The van der Waals surface area contributed by atoms with Gasteiger partial charge in [0, 0.05) is 19.8 Å². The van der Waals surface area contributed by atoms with Gasteiger partial charge in [0.1, 0.15) is 11.3 Å². The first kappa shape index (κ1) is 16.7. The van der Waals surface area contributed by atoms with Gasteiger partial charge in [0.2, 0.25) is 0 Å².